The van der Waals surface area contributed by atoms with E-state index in [1.807, 2.05) is 28.8 Å². The van der Waals surface area contributed by atoms with Gasteiger partial charge < -0.3 is 9.30 Å². The molecule has 0 N–H and O–H groups in total. The lowest BCUT2D eigenvalue weighted by Gasteiger charge is -2.05. The van der Waals surface area contributed by atoms with Crippen molar-refractivity contribution in [3.63, 3.8) is 0 Å². The molecule has 0 aliphatic rings. The van der Waals surface area contributed by atoms with E-state index in [0.717, 1.165) is 17.3 Å². The van der Waals surface area contributed by atoms with Gasteiger partial charge in [-0.1, -0.05) is 24.3 Å². The van der Waals surface area contributed by atoms with Crippen LogP contribution >= 0.6 is 0 Å². The van der Waals surface area contributed by atoms with E-state index in [4.69, 9.17) is 4.74 Å². The zero-order valence-corrected chi connectivity index (χ0v) is 14.0. The molecule has 1 aromatic heterocycles. The van der Waals surface area contributed by atoms with Gasteiger partial charge in [-0.15, -0.1) is 6.58 Å². The number of unbranched alkanes of at least 4 members (excludes halogenated alkanes) is 1. The normalized spacial score (nSPS) is 11.5. The predicted molar refractivity (Wildman–Crippen MR) is 91.4 cm³/mol. The van der Waals surface area contributed by atoms with Crippen molar-refractivity contribution in [1.29, 1.82) is 0 Å². The highest BCUT2D eigenvalue weighted by Crippen LogP contribution is 2.22. The van der Waals surface area contributed by atoms with E-state index in [9.17, 15) is 13.2 Å². The van der Waals surface area contributed by atoms with Gasteiger partial charge in [-0.05, 0) is 18.9 Å². The second-order valence-corrected chi connectivity index (χ2v) is 7.58. The second kappa shape index (κ2) is 7.46. The Labute approximate surface area is 136 Å². The minimum absolute atomic E-state index is 0.0198. The molecule has 124 valence electrons. The summed E-state index contributed by atoms with van der Waals surface area (Å²) in [5.41, 5.74) is 1.48. The number of methoxy groups -OCH3 is 1. The minimum atomic E-state index is -3.04. The molecule has 0 saturated carbocycles. The highest BCUT2D eigenvalue weighted by molar-refractivity contribution is 7.91. The van der Waals surface area contributed by atoms with Gasteiger partial charge >= 0.3 is 5.97 Å². The number of benzene rings is 1. The number of hydrogen-bond donors (Lipinski definition) is 0. The molecular formula is C17H21NO4S. The first-order valence-electron chi connectivity index (χ1n) is 7.46. The largest absolute Gasteiger partial charge is 0.465 e. The average molecular weight is 335 g/mol. The van der Waals surface area contributed by atoms with Gasteiger partial charge in [-0.25, -0.2) is 13.2 Å². The maximum absolute atomic E-state index is 11.8. The van der Waals surface area contributed by atoms with Crippen LogP contribution in [0.5, 0.6) is 0 Å². The Balaban J connectivity index is 2.09. The highest BCUT2D eigenvalue weighted by atomic mass is 32.2. The molecule has 2 rings (SSSR count). The Kier molecular flexibility index (Phi) is 5.60. The smallest absolute Gasteiger partial charge is 0.340 e. The number of para-hydroxylation sites is 1. The van der Waals surface area contributed by atoms with E-state index in [2.05, 4.69) is 6.58 Å². The number of carbonyl (C=O) groups is 1. The molecule has 0 fully saturated rings. The number of aryl methyl sites for hydroxylation is 1. The van der Waals surface area contributed by atoms with E-state index in [1.165, 1.54) is 13.2 Å². The Morgan fingerprint density at radius 1 is 1.30 bits per heavy atom. The molecule has 6 heteroatoms. The van der Waals surface area contributed by atoms with Gasteiger partial charge in [0.05, 0.1) is 24.2 Å². The van der Waals surface area contributed by atoms with Crippen molar-refractivity contribution in [3.8, 4) is 0 Å². The number of sulfone groups is 1. The predicted octanol–water partition coefficient (Wildman–Crippen LogP) is 2.81. The quantitative estimate of drug-likeness (QED) is 0.423. The lowest BCUT2D eigenvalue weighted by Crippen LogP contribution is -2.10. The fourth-order valence-corrected chi connectivity index (χ4v) is 3.74. The van der Waals surface area contributed by atoms with Crippen LogP contribution in [-0.4, -0.2) is 37.6 Å². The van der Waals surface area contributed by atoms with Gasteiger partial charge in [-0.3, -0.25) is 0 Å². The molecule has 0 unspecified atom stereocenters. The summed E-state index contributed by atoms with van der Waals surface area (Å²) in [6.45, 7) is 4.11. The molecule has 1 aromatic carbocycles. The summed E-state index contributed by atoms with van der Waals surface area (Å²) in [6.07, 6.45) is 4.48. The minimum Gasteiger partial charge on any atom is -0.465 e. The van der Waals surface area contributed by atoms with Crippen LogP contribution in [0, 0.1) is 0 Å². The average Bonchev–Trinajstić information content (AvgIpc) is 2.90. The first-order valence-corrected chi connectivity index (χ1v) is 9.28. The zero-order valence-electron chi connectivity index (χ0n) is 13.2. The summed E-state index contributed by atoms with van der Waals surface area (Å²) >= 11 is 0. The number of aromatic nitrogens is 1. The first-order chi connectivity index (χ1) is 11.0. The highest BCUT2D eigenvalue weighted by Gasteiger charge is 2.15. The van der Waals surface area contributed by atoms with Crippen LogP contribution in [0.3, 0.4) is 0 Å². The number of fused-ring (bicyclic) bond motifs is 1. The fraction of sp³-hybridized carbons (Fsp3) is 0.353. The molecule has 1 heterocycles. The molecule has 2 aromatic rings. The summed E-state index contributed by atoms with van der Waals surface area (Å²) in [4.78, 5) is 11.8. The van der Waals surface area contributed by atoms with Crippen molar-refractivity contribution in [3.05, 3.63) is 48.7 Å². The lowest BCUT2D eigenvalue weighted by atomic mass is 10.2. The van der Waals surface area contributed by atoms with Gasteiger partial charge in [0.25, 0.3) is 0 Å². The molecule has 0 radical (unpaired) electrons. The van der Waals surface area contributed by atoms with Crippen LogP contribution < -0.4 is 0 Å². The number of nitrogens with zero attached hydrogens (tertiary/aromatic N) is 1. The number of esters is 1. The molecule has 0 atom stereocenters. The molecule has 0 amide bonds. The molecular weight excluding hydrogens is 314 g/mol. The van der Waals surface area contributed by atoms with Gasteiger partial charge in [-0.2, -0.15) is 0 Å². The van der Waals surface area contributed by atoms with Gasteiger partial charge in [0.1, 0.15) is 0 Å². The first kappa shape index (κ1) is 17.3. The van der Waals surface area contributed by atoms with E-state index in [1.54, 1.807) is 6.20 Å². The van der Waals surface area contributed by atoms with Crippen molar-refractivity contribution >= 4 is 26.7 Å². The molecule has 0 aliphatic carbocycles. The van der Waals surface area contributed by atoms with E-state index < -0.39 is 9.84 Å². The molecule has 23 heavy (non-hydrogen) atoms. The molecule has 5 nitrogen and oxygen atoms in total. The third kappa shape index (κ3) is 4.22. The van der Waals surface area contributed by atoms with Crippen LogP contribution in [0.25, 0.3) is 10.9 Å². The van der Waals surface area contributed by atoms with Crippen LogP contribution in [0.2, 0.25) is 0 Å². The monoisotopic (exact) mass is 335 g/mol. The topological polar surface area (TPSA) is 65.4 Å². The van der Waals surface area contributed by atoms with Crippen molar-refractivity contribution in [2.75, 3.05) is 18.6 Å². The van der Waals surface area contributed by atoms with E-state index in [0.29, 0.717) is 18.5 Å². The second-order valence-electron chi connectivity index (χ2n) is 5.36. The fourth-order valence-electron chi connectivity index (χ4n) is 2.57. The summed E-state index contributed by atoms with van der Waals surface area (Å²) in [5, 5.41) is 0.846. The molecule has 0 aliphatic heterocycles. The summed E-state index contributed by atoms with van der Waals surface area (Å²) in [6, 6.07) is 7.61. The molecule has 0 saturated heterocycles. The number of hydrogen-bond acceptors (Lipinski definition) is 4. The maximum atomic E-state index is 11.8. The maximum Gasteiger partial charge on any atom is 0.340 e. The Hall–Kier alpha value is -2.08. The van der Waals surface area contributed by atoms with Crippen LogP contribution in [0.15, 0.2) is 43.1 Å². The third-order valence-electron chi connectivity index (χ3n) is 3.67. The Morgan fingerprint density at radius 2 is 2.04 bits per heavy atom. The Morgan fingerprint density at radius 3 is 2.74 bits per heavy atom. The summed E-state index contributed by atoms with van der Waals surface area (Å²) in [7, 11) is -1.68. The van der Waals surface area contributed by atoms with Crippen molar-refractivity contribution in [1.82, 2.24) is 4.57 Å². The van der Waals surface area contributed by atoms with Crippen LogP contribution in [0.4, 0.5) is 0 Å². The zero-order chi connectivity index (χ0) is 16.9. The molecule has 0 spiro atoms. The van der Waals surface area contributed by atoms with E-state index >= 15 is 0 Å². The number of carbonyl (C=O) groups excluding carboxylic acids is 1. The van der Waals surface area contributed by atoms with Gasteiger partial charge in [0, 0.05) is 23.6 Å². The standard InChI is InChI=1S/C17H21NO4S/c1-3-11-23(20,21)12-7-6-10-18-13-15(17(19)22-2)14-8-4-5-9-16(14)18/h3-5,8-9,13H,1,6-7,10-12H2,2H3. The summed E-state index contributed by atoms with van der Waals surface area (Å²) in [5.74, 6) is -0.192. The van der Waals surface area contributed by atoms with Crippen molar-refractivity contribution < 1.29 is 17.9 Å². The van der Waals surface area contributed by atoms with Gasteiger partial charge in [0.15, 0.2) is 9.84 Å². The van der Waals surface area contributed by atoms with Crippen LogP contribution in [-0.2, 0) is 21.1 Å². The lowest BCUT2D eigenvalue weighted by molar-refractivity contribution is 0.0602. The van der Waals surface area contributed by atoms with E-state index in [-0.39, 0.29) is 17.5 Å². The third-order valence-corrected chi connectivity index (χ3v) is 5.32. The Bertz CT molecular complexity index is 805. The van der Waals surface area contributed by atoms with Crippen molar-refractivity contribution in [2.45, 2.75) is 19.4 Å². The number of ether oxygens (including phenoxy) is 1. The van der Waals surface area contributed by atoms with Crippen molar-refractivity contribution in [2.24, 2.45) is 0 Å². The SMILES string of the molecule is C=CCS(=O)(=O)CCCCn1cc(C(=O)OC)c2ccccc21. The number of rotatable bonds is 8. The van der Waals surface area contributed by atoms with Gasteiger partial charge in [0.2, 0.25) is 0 Å². The summed E-state index contributed by atoms with van der Waals surface area (Å²) < 4.78 is 30.1. The van der Waals surface area contributed by atoms with Crippen LogP contribution in [0.1, 0.15) is 23.2 Å². The molecule has 0 bridgehead atoms.